The molecule has 2 aromatic rings. The summed E-state index contributed by atoms with van der Waals surface area (Å²) in [6, 6.07) is 14.1. The van der Waals surface area contributed by atoms with E-state index in [0.29, 0.717) is 37.8 Å². The lowest BCUT2D eigenvalue weighted by atomic mass is 10.1. The lowest BCUT2D eigenvalue weighted by Crippen LogP contribution is -2.43. The van der Waals surface area contributed by atoms with E-state index in [2.05, 4.69) is 24.1 Å². The third kappa shape index (κ3) is 5.48. The summed E-state index contributed by atoms with van der Waals surface area (Å²) in [5.74, 6) is 2.16. The van der Waals surface area contributed by atoms with Crippen LogP contribution < -0.4 is 14.2 Å². The molecule has 0 aromatic heterocycles. The van der Waals surface area contributed by atoms with Crippen LogP contribution in [0.15, 0.2) is 42.5 Å². The Morgan fingerprint density at radius 2 is 1.97 bits per heavy atom. The van der Waals surface area contributed by atoms with Crippen LogP contribution in [-0.2, 0) is 22.5 Å². The van der Waals surface area contributed by atoms with E-state index in [9.17, 15) is 4.79 Å². The van der Waals surface area contributed by atoms with Crippen molar-refractivity contribution in [1.29, 1.82) is 0 Å². The van der Waals surface area contributed by atoms with E-state index in [-0.39, 0.29) is 18.6 Å². The Morgan fingerprint density at radius 1 is 1.16 bits per heavy atom. The monoisotopic (exact) mass is 426 g/mol. The first-order chi connectivity index (χ1) is 15.1. The largest absolute Gasteiger partial charge is 0.493 e. The number of hydrogen-bond donors (Lipinski definition) is 0. The second kappa shape index (κ2) is 10.0. The fourth-order valence-electron chi connectivity index (χ4n) is 4.05. The van der Waals surface area contributed by atoms with Crippen molar-refractivity contribution in [3.05, 3.63) is 53.6 Å². The summed E-state index contributed by atoms with van der Waals surface area (Å²) in [4.78, 5) is 16.3. The average molecular weight is 427 g/mol. The van der Waals surface area contributed by atoms with Crippen LogP contribution in [0.3, 0.4) is 0 Å². The maximum Gasteiger partial charge on any atom is 0.260 e. The Bertz CT molecular complexity index is 872. The fourth-order valence-corrected chi connectivity index (χ4v) is 4.05. The van der Waals surface area contributed by atoms with Gasteiger partial charge in [-0.3, -0.25) is 9.69 Å². The summed E-state index contributed by atoms with van der Waals surface area (Å²) in [5.41, 5.74) is 2.39. The molecule has 7 nitrogen and oxygen atoms in total. The first-order valence-corrected chi connectivity index (χ1v) is 10.7. The van der Waals surface area contributed by atoms with Crippen LogP contribution >= 0.6 is 0 Å². The van der Waals surface area contributed by atoms with Crippen molar-refractivity contribution >= 4 is 5.91 Å². The number of nitrogens with zero attached hydrogens (tertiary/aromatic N) is 2. The van der Waals surface area contributed by atoms with Crippen molar-refractivity contribution in [2.75, 3.05) is 53.6 Å². The quantitative estimate of drug-likeness (QED) is 0.646. The van der Waals surface area contributed by atoms with Gasteiger partial charge >= 0.3 is 0 Å². The van der Waals surface area contributed by atoms with E-state index >= 15 is 0 Å². The summed E-state index contributed by atoms with van der Waals surface area (Å²) in [6.45, 7) is 3.98. The molecular weight excluding hydrogens is 396 g/mol. The van der Waals surface area contributed by atoms with Crippen LogP contribution in [-0.4, -0.2) is 75.4 Å². The van der Waals surface area contributed by atoms with Crippen molar-refractivity contribution in [2.24, 2.45) is 0 Å². The molecule has 1 fully saturated rings. The van der Waals surface area contributed by atoms with E-state index in [1.165, 1.54) is 5.56 Å². The van der Waals surface area contributed by atoms with Crippen LogP contribution in [0, 0.1) is 0 Å². The second-order valence-corrected chi connectivity index (χ2v) is 8.02. The molecule has 0 N–H and O–H groups in total. The highest BCUT2D eigenvalue weighted by Crippen LogP contribution is 2.30. The molecule has 1 amide bonds. The third-order valence-corrected chi connectivity index (χ3v) is 5.62. The predicted molar refractivity (Wildman–Crippen MR) is 117 cm³/mol. The van der Waals surface area contributed by atoms with Gasteiger partial charge in [-0.2, -0.15) is 0 Å². The molecule has 0 radical (unpaired) electrons. The molecule has 2 heterocycles. The van der Waals surface area contributed by atoms with E-state index in [1.54, 1.807) is 12.0 Å². The van der Waals surface area contributed by atoms with Gasteiger partial charge in [0, 0.05) is 32.6 Å². The normalized spacial score (nSPS) is 17.9. The summed E-state index contributed by atoms with van der Waals surface area (Å²) < 4.78 is 22.6. The van der Waals surface area contributed by atoms with Gasteiger partial charge in [0.25, 0.3) is 5.91 Å². The highest BCUT2D eigenvalue weighted by molar-refractivity contribution is 5.78. The maximum absolute atomic E-state index is 12.3. The predicted octanol–water partition coefficient (Wildman–Crippen LogP) is 2.37. The molecule has 2 aliphatic rings. The zero-order valence-corrected chi connectivity index (χ0v) is 18.2. The Kier molecular flexibility index (Phi) is 6.94. The van der Waals surface area contributed by atoms with E-state index in [0.717, 1.165) is 30.8 Å². The summed E-state index contributed by atoms with van der Waals surface area (Å²) >= 11 is 0. The van der Waals surface area contributed by atoms with Gasteiger partial charge < -0.3 is 23.8 Å². The Labute approximate surface area is 183 Å². The van der Waals surface area contributed by atoms with Crippen molar-refractivity contribution in [1.82, 2.24) is 9.80 Å². The number of hydrogen-bond acceptors (Lipinski definition) is 6. The van der Waals surface area contributed by atoms with Gasteiger partial charge in [-0.1, -0.05) is 24.3 Å². The van der Waals surface area contributed by atoms with Crippen molar-refractivity contribution in [3.8, 4) is 17.2 Å². The number of rotatable bonds is 8. The summed E-state index contributed by atoms with van der Waals surface area (Å²) in [6.07, 6.45) is 1.10. The molecule has 2 aliphatic heterocycles. The fraction of sp³-hybridized carbons (Fsp3) is 0.458. The van der Waals surface area contributed by atoms with Gasteiger partial charge in [-0.15, -0.1) is 0 Å². The molecule has 2 aromatic carbocycles. The number of para-hydroxylation sites is 1. The van der Waals surface area contributed by atoms with Gasteiger partial charge in [0.1, 0.15) is 11.9 Å². The average Bonchev–Trinajstić information content (AvgIpc) is 3.20. The number of fused-ring (bicyclic) bond motifs is 1. The minimum atomic E-state index is -0.0354. The smallest absolute Gasteiger partial charge is 0.260 e. The Balaban J connectivity index is 1.29. The Morgan fingerprint density at radius 3 is 2.74 bits per heavy atom. The number of methoxy groups -OCH3 is 1. The standard InChI is InChI=1S/C24H30N2O5/c1-25(16-20-14-19-5-3-4-6-21(19)31-20)15-18-7-8-22(23(13-18)28-2)30-17-24(27)26-9-11-29-12-10-26/h3-8,13,20H,9-12,14-17H2,1-2H3. The molecule has 0 bridgehead atoms. The lowest BCUT2D eigenvalue weighted by Gasteiger charge is -2.26. The second-order valence-electron chi connectivity index (χ2n) is 8.02. The van der Waals surface area contributed by atoms with E-state index in [4.69, 9.17) is 18.9 Å². The third-order valence-electron chi connectivity index (χ3n) is 5.62. The van der Waals surface area contributed by atoms with Crippen LogP contribution in [0.5, 0.6) is 17.2 Å². The highest BCUT2D eigenvalue weighted by Gasteiger charge is 2.23. The number of carbonyl (C=O) groups excluding carboxylic acids is 1. The van der Waals surface area contributed by atoms with E-state index < -0.39 is 0 Å². The van der Waals surface area contributed by atoms with Gasteiger partial charge in [0.15, 0.2) is 18.1 Å². The SMILES string of the molecule is COc1cc(CN(C)CC2Cc3ccccc3O2)ccc1OCC(=O)N1CCOCC1. The zero-order chi connectivity index (χ0) is 21.6. The van der Waals surface area contributed by atoms with Crippen LogP contribution in [0.2, 0.25) is 0 Å². The van der Waals surface area contributed by atoms with Crippen LogP contribution in [0.4, 0.5) is 0 Å². The number of carbonyl (C=O) groups is 1. The molecule has 4 rings (SSSR count). The van der Waals surface area contributed by atoms with E-state index in [1.807, 2.05) is 30.3 Å². The molecular formula is C24H30N2O5. The molecule has 31 heavy (non-hydrogen) atoms. The molecule has 1 unspecified atom stereocenters. The topological polar surface area (TPSA) is 60.5 Å². The highest BCUT2D eigenvalue weighted by atomic mass is 16.5. The number of morpholine rings is 1. The molecule has 0 spiro atoms. The van der Waals surface area contributed by atoms with Crippen molar-refractivity contribution in [3.63, 3.8) is 0 Å². The number of benzene rings is 2. The van der Waals surface area contributed by atoms with Gasteiger partial charge in [-0.05, 0) is 36.4 Å². The van der Waals surface area contributed by atoms with Gasteiger partial charge in [0.05, 0.1) is 20.3 Å². The van der Waals surface area contributed by atoms with Crippen molar-refractivity contribution in [2.45, 2.75) is 19.1 Å². The van der Waals surface area contributed by atoms with Crippen LogP contribution in [0.1, 0.15) is 11.1 Å². The molecule has 1 saturated heterocycles. The summed E-state index contributed by atoms with van der Waals surface area (Å²) in [7, 11) is 3.70. The van der Waals surface area contributed by atoms with Crippen LogP contribution in [0.25, 0.3) is 0 Å². The molecule has 0 saturated carbocycles. The lowest BCUT2D eigenvalue weighted by molar-refractivity contribution is -0.137. The first kappa shape index (κ1) is 21.5. The van der Waals surface area contributed by atoms with Gasteiger partial charge in [-0.25, -0.2) is 0 Å². The number of likely N-dealkylation sites (N-methyl/N-ethyl adjacent to an activating group) is 1. The molecule has 166 valence electrons. The molecule has 1 atom stereocenters. The first-order valence-electron chi connectivity index (χ1n) is 10.7. The number of ether oxygens (including phenoxy) is 4. The molecule has 0 aliphatic carbocycles. The number of amides is 1. The van der Waals surface area contributed by atoms with Gasteiger partial charge in [0.2, 0.25) is 0 Å². The summed E-state index contributed by atoms with van der Waals surface area (Å²) in [5, 5.41) is 0. The van der Waals surface area contributed by atoms with Crippen molar-refractivity contribution < 1.29 is 23.7 Å². The maximum atomic E-state index is 12.3. The Hall–Kier alpha value is -2.77. The minimum absolute atomic E-state index is 0.00477. The minimum Gasteiger partial charge on any atom is -0.493 e. The zero-order valence-electron chi connectivity index (χ0n) is 18.2. The molecule has 7 heteroatoms.